The quantitative estimate of drug-likeness (QED) is 0.751. The van der Waals surface area contributed by atoms with Gasteiger partial charge in [0, 0.05) is 10.7 Å². The van der Waals surface area contributed by atoms with Gasteiger partial charge in [0.05, 0.1) is 17.5 Å². The Balaban J connectivity index is 1.97. The fourth-order valence-electron chi connectivity index (χ4n) is 2.18. The first-order valence-corrected chi connectivity index (χ1v) is 9.86. The molecule has 1 amide bonds. The molecule has 0 fully saturated rings. The van der Waals surface area contributed by atoms with Crippen molar-refractivity contribution in [3.63, 3.8) is 0 Å². The van der Waals surface area contributed by atoms with Gasteiger partial charge < -0.3 is 10.1 Å². The molecule has 8 heteroatoms. The Bertz CT molecular complexity index is 881. The molecule has 26 heavy (non-hydrogen) atoms. The van der Waals surface area contributed by atoms with E-state index in [2.05, 4.69) is 10.0 Å². The van der Waals surface area contributed by atoms with Crippen LogP contribution in [0.4, 0.5) is 5.69 Å². The standard InChI is InChI=1S/C18H21ClN2O4S/c1-12(2)25-15-5-7-16(8-6-15)26(23,24)20-11-18(22)21-17-9-4-14(19)10-13(17)3/h4-10,12,20H,11H2,1-3H3,(H,21,22). The maximum Gasteiger partial charge on any atom is 0.241 e. The van der Waals surface area contributed by atoms with Crippen LogP contribution in [0, 0.1) is 6.92 Å². The van der Waals surface area contributed by atoms with Crippen LogP contribution in [-0.2, 0) is 14.8 Å². The van der Waals surface area contributed by atoms with Gasteiger partial charge in [-0.2, -0.15) is 0 Å². The number of hydrogen-bond donors (Lipinski definition) is 2. The molecule has 2 aromatic carbocycles. The van der Waals surface area contributed by atoms with Crippen LogP contribution in [0.5, 0.6) is 5.75 Å². The number of rotatable bonds is 7. The molecule has 6 nitrogen and oxygen atoms in total. The van der Waals surface area contributed by atoms with E-state index in [0.29, 0.717) is 16.5 Å². The first kappa shape index (κ1) is 20.2. The molecule has 0 bridgehead atoms. The van der Waals surface area contributed by atoms with Crippen molar-refractivity contribution in [1.82, 2.24) is 4.72 Å². The van der Waals surface area contributed by atoms with Gasteiger partial charge in [0.25, 0.3) is 0 Å². The first-order valence-electron chi connectivity index (χ1n) is 8.00. The number of ether oxygens (including phenoxy) is 1. The SMILES string of the molecule is Cc1cc(Cl)ccc1NC(=O)CNS(=O)(=O)c1ccc(OC(C)C)cc1. The van der Waals surface area contributed by atoms with Crippen molar-refractivity contribution in [2.24, 2.45) is 0 Å². The summed E-state index contributed by atoms with van der Waals surface area (Å²) < 4.78 is 32.3. The summed E-state index contributed by atoms with van der Waals surface area (Å²) in [5.41, 5.74) is 1.36. The monoisotopic (exact) mass is 396 g/mol. The number of anilines is 1. The fraction of sp³-hybridized carbons (Fsp3) is 0.278. The minimum atomic E-state index is -3.80. The zero-order chi connectivity index (χ0) is 19.3. The van der Waals surface area contributed by atoms with E-state index < -0.39 is 15.9 Å². The minimum Gasteiger partial charge on any atom is -0.491 e. The maximum absolute atomic E-state index is 12.3. The average Bonchev–Trinajstić information content (AvgIpc) is 2.56. The van der Waals surface area contributed by atoms with Crippen LogP contribution < -0.4 is 14.8 Å². The Morgan fingerprint density at radius 1 is 1.15 bits per heavy atom. The molecule has 2 rings (SSSR count). The highest BCUT2D eigenvalue weighted by atomic mass is 35.5. The predicted molar refractivity (Wildman–Crippen MR) is 102 cm³/mol. The summed E-state index contributed by atoms with van der Waals surface area (Å²) >= 11 is 5.87. The summed E-state index contributed by atoms with van der Waals surface area (Å²) in [5.74, 6) is 0.105. The van der Waals surface area contributed by atoms with Gasteiger partial charge in [0.2, 0.25) is 15.9 Å². The van der Waals surface area contributed by atoms with E-state index in [1.807, 2.05) is 13.8 Å². The van der Waals surface area contributed by atoms with Gasteiger partial charge in [-0.15, -0.1) is 0 Å². The zero-order valence-electron chi connectivity index (χ0n) is 14.7. The molecule has 0 aliphatic carbocycles. The largest absolute Gasteiger partial charge is 0.491 e. The van der Waals surface area contributed by atoms with Gasteiger partial charge in [-0.05, 0) is 68.8 Å². The molecule has 0 aliphatic heterocycles. The lowest BCUT2D eigenvalue weighted by Crippen LogP contribution is -2.33. The van der Waals surface area contributed by atoms with Crippen molar-refractivity contribution >= 4 is 33.2 Å². The average molecular weight is 397 g/mol. The van der Waals surface area contributed by atoms with E-state index >= 15 is 0 Å². The zero-order valence-corrected chi connectivity index (χ0v) is 16.3. The van der Waals surface area contributed by atoms with Crippen LogP contribution in [0.15, 0.2) is 47.4 Å². The Labute approximate surface area is 158 Å². The molecule has 0 unspecified atom stereocenters. The highest BCUT2D eigenvalue weighted by Crippen LogP contribution is 2.20. The van der Waals surface area contributed by atoms with Crippen LogP contribution in [0.25, 0.3) is 0 Å². The third kappa shape index (κ3) is 5.72. The summed E-state index contributed by atoms with van der Waals surface area (Å²) in [7, 11) is -3.80. The fourth-order valence-corrected chi connectivity index (χ4v) is 3.38. The topological polar surface area (TPSA) is 84.5 Å². The number of sulfonamides is 1. The van der Waals surface area contributed by atoms with Crippen LogP contribution in [0.2, 0.25) is 5.02 Å². The van der Waals surface area contributed by atoms with Crippen molar-refractivity contribution in [2.45, 2.75) is 31.8 Å². The second-order valence-corrected chi connectivity index (χ2v) is 8.17. The molecular weight excluding hydrogens is 376 g/mol. The van der Waals surface area contributed by atoms with E-state index in [4.69, 9.17) is 16.3 Å². The minimum absolute atomic E-state index is 0.00407. The van der Waals surface area contributed by atoms with Gasteiger partial charge in [0.1, 0.15) is 5.75 Å². The summed E-state index contributed by atoms with van der Waals surface area (Å²) in [5, 5.41) is 3.21. The normalized spacial score (nSPS) is 11.4. The van der Waals surface area contributed by atoms with Gasteiger partial charge in [-0.1, -0.05) is 11.6 Å². The molecule has 0 spiro atoms. The van der Waals surface area contributed by atoms with E-state index in [1.165, 1.54) is 12.1 Å². The molecular formula is C18H21ClN2O4S. The van der Waals surface area contributed by atoms with E-state index in [9.17, 15) is 13.2 Å². The molecule has 2 aromatic rings. The number of halogens is 1. The number of carbonyl (C=O) groups excluding carboxylic acids is 1. The van der Waals surface area contributed by atoms with Crippen LogP contribution in [-0.4, -0.2) is 27.0 Å². The predicted octanol–water partition coefficient (Wildman–Crippen LogP) is 3.35. The molecule has 2 N–H and O–H groups in total. The Kier molecular flexibility index (Phi) is 6.63. The van der Waals surface area contributed by atoms with Gasteiger partial charge >= 0.3 is 0 Å². The molecule has 0 saturated heterocycles. The number of hydrogen-bond acceptors (Lipinski definition) is 4. The second-order valence-electron chi connectivity index (χ2n) is 5.97. The summed E-state index contributed by atoms with van der Waals surface area (Å²) in [6, 6.07) is 11.0. The number of aryl methyl sites for hydroxylation is 1. The first-order chi connectivity index (χ1) is 12.2. The molecule has 140 valence electrons. The summed E-state index contributed by atoms with van der Waals surface area (Å²) in [6.07, 6.45) is -0.00407. The van der Waals surface area contributed by atoms with Crippen molar-refractivity contribution in [1.29, 1.82) is 0 Å². The lowest BCUT2D eigenvalue weighted by Gasteiger charge is -2.11. The lowest BCUT2D eigenvalue weighted by molar-refractivity contribution is -0.115. The van der Waals surface area contributed by atoms with Gasteiger partial charge in [-0.3, -0.25) is 4.79 Å². The Morgan fingerprint density at radius 2 is 1.81 bits per heavy atom. The van der Waals surface area contributed by atoms with E-state index in [1.54, 1.807) is 37.3 Å². The number of amides is 1. The van der Waals surface area contributed by atoms with Crippen molar-refractivity contribution in [2.75, 3.05) is 11.9 Å². The highest BCUT2D eigenvalue weighted by molar-refractivity contribution is 7.89. The number of nitrogens with one attached hydrogen (secondary N) is 2. The second kappa shape index (κ2) is 8.53. The maximum atomic E-state index is 12.3. The number of carbonyl (C=O) groups is 1. The Hall–Kier alpha value is -2.09. The van der Waals surface area contributed by atoms with E-state index in [-0.39, 0.29) is 17.5 Å². The molecule has 0 aliphatic rings. The third-order valence-corrected chi connectivity index (χ3v) is 5.04. The molecule has 0 atom stereocenters. The van der Waals surface area contributed by atoms with Crippen molar-refractivity contribution in [3.05, 3.63) is 53.1 Å². The highest BCUT2D eigenvalue weighted by Gasteiger charge is 2.16. The summed E-state index contributed by atoms with van der Waals surface area (Å²) in [6.45, 7) is 5.18. The lowest BCUT2D eigenvalue weighted by atomic mass is 10.2. The van der Waals surface area contributed by atoms with Crippen molar-refractivity contribution < 1.29 is 17.9 Å². The van der Waals surface area contributed by atoms with Gasteiger partial charge in [0.15, 0.2) is 0 Å². The van der Waals surface area contributed by atoms with Crippen molar-refractivity contribution in [3.8, 4) is 5.75 Å². The third-order valence-electron chi connectivity index (χ3n) is 3.39. The van der Waals surface area contributed by atoms with Crippen LogP contribution in [0.3, 0.4) is 0 Å². The molecule has 0 radical (unpaired) electrons. The Morgan fingerprint density at radius 3 is 2.38 bits per heavy atom. The van der Waals surface area contributed by atoms with E-state index in [0.717, 1.165) is 5.56 Å². The smallest absolute Gasteiger partial charge is 0.241 e. The molecule has 0 heterocycles. The number of benzene rings is 2. The van der Waals surface area contributed by atoms with Gasteiger partial charge in [-0.25, -0.2) is 13.1 Å². The van der Waals surface area contributed by atoms with Crippen LogP contribution >= 0.6 is 11.6 Å². The summed E-state index contributed by atoms with van der Waals surface area (Å²) in [4.78, 5) is 12.1. The molecule has 0 aromatic heterocycles. The molecule has 0 saturated carbocycles. The van der Waals surface area contributed by atoms with Crippen LogP contribution in [0.1, 0.15) is 19.4 Å².